The second-order valence-electron chi connectivity index (χ2n) is 11.3. The van der Waals surface area contributed by atoms with Gasteiger partial charge in [-0.2, -0.15) is 0 Å². The quantitative estimate of drug-likeness (QED) is 0.197. The van der Waals surface area contributed by atoms with Gasteiger partial charge in [-0.05, 0) is 44.4 Å². The van der Waals surface area contributed by atoms with E-state index in [1.54, 1.807) is 47.5 Å². The number of piperazine rings is 1. The van der Waals surface area contributed by atoms with Gasteiger partial charge in [-0.1, -0.05) is 29.5 Å². The summed E-state index contributed by atoms with van der Waals surface area (Å²) < 4.78 is 25.2. The summed E-state index contributed by atoms with van der Waals surface area (Å²) in [6, 6.07) is 10.6. The molecule has 1 aromatic carbocycles. The molecule has 2 aliphatic rings. The smallest absolute Gasteiger partial charge is 0.331 e. The van der Waals surface area contributed by atoms with Crippen molar-refractivity contribution < 1.29 is 28.2 Å². The third-order valence-corrected chi connectivity index (χ3v) is 8.64. The maximum Gasteiger partial charge on any atom is 0.331 e. The fourth-order valence-electron chi connectivity index (χ4n) is 5.31. The molecular weight excluding hydrogens is 639 g/mol. The average molecular weight is 673 g/mol. The van der Waals surface area contributed by atoms with Crippen LogP contribution in [0, 0.1) is 5.82 Å². The van der Waals surface area contributed by atoms with Crippen molar-refractivity contribution in [2.45, 2.75) is 12.6 Å². The number of methoxy groups -OCH3 is 1. The fourth-order valence-corrected chi connectivity index (χ4v) is 6.02. The number of ether oxygens (including phenoxy) is 2. The van der Waals surface area contributed by atoms with Gasteiger partial charge in [-0.25, -0.2) is 24.1 Å². The predicted molar refractivity (Wildman–Crippen MR) is 179 cm³/mol. The number of carbonyl (C=O) groups excluding carboxylic acids is 3. The lowest BCUT2D eigenvalue weighted by Gasteiger charge is -2.39. The van der Waals surface area contributed by atoms with E-state index in [1.165, 1.54) is 25.4 Å². The molecule has 0 bridgehead atoms. The number of fused-ring (bicyclic) bond motifs is 3. The third kappa shape index (κ3) is 7.11. The van der Waals surface area contributed by atoms with Crippen molar-refractivity contribution in [1.82, 2.24) is 24.8 Å². The molecule has 3 aromatic heterocycles. The van der Waals surface area contributed by atoms with E-state index in [0.717, 1.165) is 11.3 Å². The maximum absolute atomic E-state index is 14.0. The van der Waals surface area contributed by atoms with Crippen LogP contribution in [0.3, 0.4) is 0 Å². The second-order valence-corrected chi connectivity index (χ2v) is 12.3. The molecule has 5 heterocycles. The number of nitrogens with zero attached hydrogens (tertiary/aromatic N) is 6. The largest absolute Gasteiger partial charge is 0.493 e. The summed E-state index contributed by atoms with van der Waals surface area (Å²) in [5.41, 5.74) is 2.03. The number of hydrogen-bond acceptors (Lipinski definition) is 12. The van der Waals surface area contributed by atoms with Crippen molar-refractivity contribution in [3.05, 3.63) is 83.3 Å². The van der Waals surface area contributed by atoms with Gasteiger partial charge in [-0.15, -0.1) is 0 Å². The number of esters is 1. The lowest BCUT2D eigenvalue weighted by molar-refractivity contribution is -0.147. The number of halogens is 1. The summed E-state index contributed by atoms with van der Waals surface area (Å²) in [6.45, 7) is 1.73. The van der Waals surface area contributed by atoms with Crippen molar-refractivity contribution in [3.63, 3.8) is 0 Å². The van der Waals surface area contributed by atoms with Crippen LogP contribution in [-0.2, 0) is 20.9 Å². The van der Waals surface area contributed by atoms with Crippen molar-refractivity contribution >= 4 is 51.6 Å². The lowest BCUT2D eigenvalue weighted by Crippen LogP contribution is -2.57. The van der Waals surface area contributed by atoms with Crippen LogP contribution in [0.4, 0.5) is 26.8 Å². The number of benzene rings is 1. The molecule has 4 aromatic rings. The first-order chi connectivity index (χ1) is 23.2. The minimum Gasteiger partial charge on any atom is -0.493 e. The molecule has 0 saturated carbocycles. The number of carbonyl (C=O) groups is 3. The molecule has 1 fully saturated rings. The fraction of sp³-hybridized carbons (Fsp3) is 0.273. The van der Waals surface area contributed by atoms with Gasteiger partial charge in [0.1, 0.15) is 29.2 Å². The lowest BCUT2D eigenvalue weighted by atomic mass is 10.1. The highest BCUT2D eigenvalue weighted by molar-refractivity contribution is 7.17. The van der Waals surface area contributed by atoms with Gasteiger partial charge < -0.3 is 34.8 Å². The first-order valence-electron chi connectivity index (χ1n) is 15.1. The van der Waals surface area contributed by atoms with Crippen LogP contribution >= 0.6 is 11.3 Å². The van der Waals surface area contributed by atoms with E-state index in [-0.39, 0.29) is 29.6 Å². The number of anilines is 4. The van der Waals surface area contributed by atoms with Crippen molar-refractivity contribution in [3.8, 4) is 17.0 Å². The van der Waals surface area contributed by atoms with Crippen LogP contribution in [0.2, 0.25) is 0 Å². The van der Waals surface area contributed by atoms with E-state index < -0.39 is 23.7 Å². The number of thiazole rings is 1. The molecule has 2 aliphatic heterocycles. The van der Waals surface area contributed by atoms with E-state index in [4.69, 9.17) is 19.4 Å². The molecule has 248 valence electrons. The van der Waals surface area contributed by atoms with Crippen LogP contribution in [0.5, 0.6) is 5.75 Å². The number of rotatable bonds is 9. The van der Waals surface area contributed by atoms with E-state index in [1.807, 2.05) is 30.0 Å². The number of amides is 2. The zero-order chi connectivity index (χ0) is 33.8. The first-order valence-corrected chi connectivity index (χ1v) is 15.9. The number of likely N-dealkylation sites (N-methyl/N-ethyl adjacent to an activating group) is 1. The Kier molecular flexibility index (Phi) is 9.59. The molecule has 0 radical (unpaired) electrons. The Morgan fingerprint density at radius 2 is 2.00 bits per heavy atom. The molecule has 1 saturated heterocycles. The van der Waals surface area contributed by atoms with Crippen LogP contribution in [0.15, 0.2) is 67.0 Å². The molecule has 2 amide bonds. The van der Waals surface area contributed by atoms with E-state index in [9.17, 15) is 18.8 Å². The Morgan fingerprint density at radius 3 is 2.79 bits per heavy atom. The molecule has 1 atom stereocenters. The summed E-state index contributed by atoms with van der Waals surface area (Å²) >= 11 is 1.07. The molecule has 0 spiro atoms. The number of aromatic nitrogens is 3. The summed E-state index contributed by atoms with van der Waals surface area (Å²) in [5, 5.41) is 6.04. The van der Waals surface area contributed by atoms with Crippen molar-refractivity contribution in [1.29, 1.82) is 0 Å². The first kappa shape index (κ1) is 32.5. The van der Waals surface area contributed by atoms with E-state index in [0.29, 0.717) is 59.0 Å². The zero-order valence-corrected chi connectivity index (χ0v) is 27.3. The average Bonchev–Trinajstić information content (AvgIpc) is 3.51. The highest BCUT2D eigenvalue weighted by atomic mass is 32.1. The summed E-state index contributed by atoms with van der Waals surface area (Å²) in [4.78, 5) is 58.1. The van der Waals surface area contributed by atoms with Gasteiger partial charge in [0.2, 0.25) is 5.91 Å². The van der Waals surface area contributed by atoms with Gasteiger partial charge >= 0.3 is 5.97 Å². The topological polar surface area (TPSA) is 142 Å². The Morgan fingerprint density at radius 1 is 1.17 bits per heavy atom. The zero-order valence-electron chi connectivity index (χ0n) is 26.5. The van der Waals surface area contributed by atoms with Gasteiger partial charge in [0.25, 0.3) is 5.91 Å². The second kappa shape index (κ2) is 14.1. The van der Waals surface area contributed by atoms with Crippen molar-refractivity contribution in [2.75, 3.05) is 62.9 Å². The Hall–Kier alpha value is -5.41. The van der Waals surface area contributed by atoms with Crippen LogP contribution in [-0.4, -0.2) is 96.0 Å². The number of cyclic esters (lactones) is 1. The number of para-hydroxylation sites is 1. The van der Waals surface area contributed by atoms with Crippen LogP contribution < -0.4 is 20.3 Å². The highest BCUT2D eigenvalue weighted by Gasteiger charge is 2.38. The molecule has 48 heavy (non-hydrogen) atoms. The van der Waals surface area contributed by atoms with Gasteiger partial charge in [0, 0.05) is 43.0 Å². The highest BCUT2D eigenvalue weighted by Crippen LogP contribution is 2.34. The molecular formula is C33H33FN8O5S. The Bertz CT molecular complexity index is 1880. The number of pyridine rings is 2. The number of nitrogens with one attached hydrogen (secondary N) is 2. The van der Waals surface area contributed by atoms with Gasteiger partial charge in [-0.3, -0.25) is 9.59 Å². The molecule has 2 N–H and O–H groups in total. The van der Waals surface area contributed by atoms with Crippen molar-refractivity contribution in [2.24, 2.45) is 0 Å². The summed E-state index contributed by atoms with van der Waals surface area (Å²) in [5.74, 6) is -0.176. The molecule has 15 heteroatoms. The minimum absolute atomic E-state index is 0.0246. The SMILES string of the molecule is COc1ccc(-c2cnc3c(c2)COC(=O)C2CN(C(=O)/C=C/CN(C)C)CCN32)nc1Nc1ncc(C(=O)Nc2ccccc2F)s1. The molecule has 0 aliphatic carbocycles. The van der Waals surface area contributed by atoms with Crippen LogP contribution in [0.25, 0.3) is 11.3 Å². The molecule has 6 rings (SSSR count). The maximum atomic E-state index is 14.0. The summed E-state index contributed by atoms with van der Waals surface area (Å²) in [7, 11) is 5.36. The van der Waals surface area contributed by atoms with Crippen LogP contribution in [0.1, 0.15) is 15.2 Å². The molecule has 1 unspecified atom stereocenters. The van der Waals surface area contributed by atoms with E-state index in [2.05, 4.69) is 15.6 Å². The normalized spacial score (nSPS) is 15.9. The minimum atomic E-state index is -0.670. The monoisotopic (exact) mass is 672 g/mol. The standard InChI is InChI=1S/C33H33FN8O5S/c1-40(2)12-6-9-28(43)41-13-14-42-25(18-41)32(45)47-19-21-15-20(16-35-30(21)42)23-10-11-26(46-3)29(37-23)39-33-36-17-27(48-33)31(44)38-24-8-5-4-7-22(24)34/h4-11,15-17,25H,12-14,18-19H2,1-3H3,(H,38,44)(H,36,37,39)/b9-6+. The van der Waals surface area contributed by atoms with Gasteiger partial charge in [0.15, 0.2) is 16.7 Å². The van der Waals surface area contributed by atoms with Gasteiger partial charge in [0.05, 0.1) is 31.2 Å². The Labute approximate surface area is 280 Å². The third-order valence-electron chi connectivity index (χ3n) is 7.73. The molecule has 13 nitrogen and oxygen atoms in total. The summed E-state index contributed by atoms with van der Waals surface area (Å²) in [6.07, 6.45) is 6.41. The number of hydrogen-bond donors (Lipinski definition) is 2. The predicted octanol–water partition coefficient (Wildman–Crippen LogP) is 3.94. The Balaban J connectivity index is 1.19. The van der Waals surface area contributed by atoms with E-state index >= 15 is 0 Å².